The summed E-state index contributed by atoms with van der Waals surface area (Å²) in [6, 6.07) is 7.18. The lowest BCUT2D eigenvalue weighted by Crippen LogP contribution is -2.47. The van der Waals surface area contributed by atoms with E-state index in [0.717, 1.165) is 18.9 Å². The van der Waals surface area contributed by atoms with Crippen LogP contribution < -0.4 is 20.1 Å². The molecule has 12 heteroatoms. The van der Waals surface area contributed by atoms with E-state index in [2.05, 4.69) is 0 Å². The summed E-state index contributed by atoms with van der Waals surface area (Å²) in [5.74, 6) is -2.79. The highest BCUT2D eigenvalue weighted by Gasteiger charge is 2.35. The number of benzene rings is 2. The average molecular weight is 553 g/mol. The minimum Gasteiger partial charge on any atom is -0.477 e. The van der Waals surface area contributed by atoms with Crippen LogP contribution in [0.25, 0.3) is 10.9 Å². The van der Waals surface area contributed by atoms with E-state index in [1.165, 1.54) is 24.1 Å². The van der Waals surface area contributed by atoms with Crippen LogP contribution in [-0.4, -0.2) is 66.3 Å². The molecule has 1 amide bonds. The molecule has 0 unspecified atom stereocenters. The van der Waals surface area contributed by atoms with Gasteiger partial charge in [-0.25, -0.2) is 18.4 Å². The van der Waals surface area contributed by atoms with Gasteiger partial charge in [-0.05, 0) is 50.1 Å². The predicted octanol–water partition coefficient (Wildman–Crippen LogP) is 3.55. The summed E-state index contributed by atoms with van der Waals surface area (Å²) < 4.78 is 37.2. The Balaban J connectivity index is 1.22. The smallest absolute Gasteiger partial charge is 0.415 e. The number of rotatable bonds is 6. The number of carbonyl (C=O) groups excluding carboxylic acids is 2. The number of aromatic carboxylic acids is 1. The lowest BCUT2D eigenvalue weighted by molar-refractivity contribution is -0.123. The van der Waals surface area contributed by atoms with E-state index in [1.807, 2.05) is 9.80 Å². The second-order valence-electron chi connectivity index (χ2n) is 10.3. The first kappa shape index (κ1) is 25.8. The quantitative estimate of drug-likeness (QED) is 0.494. The number of anilines is 3. The molecule has 2 saturated heterocycles. The molecule has 1 atom stereocenters. The zero-order chi connectivity index (χ0) is 28.3. The molecule has 40 heavy (non-hydrogen) atoms. The maximum Gasteiger partial charge on any atom is 0.415 e. The Morgan fingerprint density at radius 1 is 0.950 bits per heavy atom. The number of piperazine rings is 1. The number of hydrogen-bond donors (Lipinski definition) is 1. The number of amides is 1. The fourth-order valence-corrected chi connectivity index (χ4v) is 5.40. The number of pyridine rings is 1. The van der Waals surface area contributed by atoms with E-state index >= 15 is 8.78 Å². The van der Waals surface area contributed by atoms with E-state index in [-0.39, 0.29) is 29.3 Å². The number of carbonyl (C=O) groups is 3. The number of fused-ring (bicyclic) bond motifs is 1. The Morgan fingerprint density at radius 2 is 1.60 bits per heavy atom. The molecule has 0 spiro atoms. The molecule has 3 fully saturated rings. The van der Waals surface area contributed by atoms with Gasteiger partial charge < -0.3 is 24.2 Å². The second-order valence-corrected chi connectivity index (χ2v) is 10.3. The fraction of sp³-hybridized carbons (Fsp3) is 0.357. The van der Waals surface area contributed by atoms with Crippen molar-refractivity contribution in [3.63, 3.8) is 0 Å². The lowest BCUT2D eigenvalue weighted by Gasteiger charge is -2.37. The Bertz CT molecular complexity index is 1630. The largest absolute Gasteiger partial charge is 0.477 e. The number of carboxylic acid groups (broad SMARTS) is 1. The first-order valence-corrected chi connectivity index (χ1v) is 13.0. The van der Waals surface area contributed by atoms with Crippen molar-refractivity contribution in [2.75, 3.05) is 47.4 Å². The Labute approximate surface area is 226 Å². The van der Waals surface area contributed by atoms with E-state index in [0.29, 0.717) is 48.8 Å². The molecule has 1 aromatic heterocycles. The minimum atomic E-state index is -1.34. The van der Waals surface area contributed by atoms with Gasteiger partial charge in [0.25, 0.3) is 0 Å². The molecule has 1 saturated carbocycles. The summed E-state index contributed by atoms with van der Waals surface area (Å²) >= 11 is 0. The monoisotopic (exact) mass is 552 g/mol. The van der Waals surface area contributed by atoms with Crippen LogP contribution in [0.5, 0.6) is 0 Å². The SMILES string of the molecule is CC(=O)[C@H]1CN(c2ccc(N3CCN(c4cc5c(cc4F)c(=O)c(C(=O)O)cn5C4CC4)CC3)c(F)c2)C(=O)O1. The number of ketones is 1. The lowest BCUT2D eigenvalue weighted by atomic mass is 10.1. The molecule has 0 bridgehead atoms. The molecule has 10 nitrogen and oxygen atoms in total. The van der Waals surface area contributed by atoms with Crippen molar-refractivity contribution in [1.29, 1.82) is 0 Å². The molecule has 3 heterocycles. The highest BCUT2D eigenvalue weighted by atomic mass is 19.1. The van der Waals surface area contributed by atoms with Gasteiger partial charge in [-0.3, -0.25) is 14.5 Å². The molecule has 1 N–H and O–H groups in total. The van der Waals surface area contributed by atoms with Gasteiger partial charge in [-0.2, -0.15) is 0 Å². The van der Waals surface area contributed by atoms with Gasteiger partial charge in [0.05, 0.1) is 29.1 Å². The zero-order valence-corrected chi connectivity index (χ0v) is 21.6. The fourth-order valence-electron chi connectivity index (χ4n) is 5.40. The number of nitrogens with zero attached hydrogens (tertiary/aromatic N) is 4. The molecular formula is C28H26F2N4O6. The Kier molecular flexibility index (Phi) is 6.20. The van der Waals surface area contributed by atoms with Gasteiger partial charge in [-0.15, -0.1) is 0 Å². The first-order chi connectivity index (χ1) is 19.1. The summed E-state index contributed by atoms with van der Waals surface area (Å²) in [5.41, 5.74) is 0.320. The molecule has 1 aliphatic carbocycles. The first-order valence-electron chi connectivity index (χ1n) is 13.0. The van der Waals surface area contributed by atoms with Crippen LogP contribution in [0.2, 0.25) is 0 Å². The molecule has 2 aliphatic heterocycles. The summed E-state index contributed by atoms with van der Waals surface area (Å²) in [6.07, 6.45) is 1.46. The maximum absolute atomic E-state index is 15.3. The number of halogens is 2. The van der Waals surface area contributed by atoms with Crippen LogP contribution in [0.3, 0.4) is 0 Å². The van der Waals surface area contributed by atoms with Crippen LogP contribution >= 0.6 is 0 Å². The number of aromatic nitrogens is 1. The van der Waals surface area contributed by atoms with Gasteiger partial charge in [-0.1, -0.05) is 0 Å². The average Bonchev–Trinajstić information content (AvgIpc) is 3.69. The topological polar surface area (TPSA) is 112 Å². The minimum absolute atomic E-state index is 0.0230. The zero-order valence-electron chi connectivity index (χ0n) is 21.6. The predicted molar refractivity (Wildman–Crippen MR) is 143 cm³/mol. The molecule has 3 aliphatic rings. The van der Waals surface area contributed by atoms with E-state index in [4.69, 9.17) is 4.74 Å². The van der Waals surface area contributed by atoms with Crippen molar-refractivity contribution in [2.24, 2.45) is 0 Å². The van der Waals surface area contributed by atoms with E-state index in [1.54, 1.807) is 22.8 Å². The van der Waals surface area contributed by atoms with Crippen molar-refractivity contribution >= 4 is 45.8 Å². The van der Waals surface area contributed by atoms with Gasteiger partial charge in [0.2, 0.25) is 5.43 Å². The van der Waals surface area contributed by atoms with Crippen molar-refractivity contribution in [2.45, 2.75) is 31.9 Å². The van der Waals surface area contributed by atoms with Crippen LogP contribution in [-0.2, 0) is 9.53 Å². The Morgan fingerprint density at radius 3 is 2.17 bits per heavy atom. The normalized spacial score (nSPS) is 19.3. The van der Waals surface area contributed by atoms with Crippen molar-refractivity contribution in [3.8, 4) is 0 Å². The third-order valence-electron chi connectivity index (χ3n) is 7.74. The number of ether oxygens (including phenoxy) is 1. The summed E-state index contributed by atoms with van der Waals surface area (Å²) in [4.78, 5) is 52.9. The van der Waals surface area contributed by atoms with E-state index < -0.39 is 35.2 Å². The molecule has 3 aromatic rings. The van der Waals surface area contributed by atoms with Crippen molar-refractivity contribution in [1.82, 2.24) is 4.57 Å². The second kappa shape index (κ2) is 9.61. The third kappa shape index (κ3) is 4.42. The van der Waals surface area contributed by atoms with Crippen molar-refractivity contribution < 1.29 is 33.0 Å². The van der Waals surface area contributed by atoms with Crippen LogP contribution in [0.1, 0.15) is 36.2 Å². The molecule has 2 aromatic carbocycles. The highest BCUT2D eigenvalue weighted by molar-refractivity contribution is 5.96. The Hall–Kier alpha value is -4.48. The molecular weight excluding hydrogens is 526 g/mol. The number of hydrogen-bond acceptors (Lipinski definition) is 7. The summed E-state index contributed by atoms with van der Waals surface area (Å²) in [6.45, 7) is 2.88. The molecule has 6 rings (SSSR count). The number of cyclic esters (lactones) is 1. The number of Topliss-reactive ketones (excluding diaryl/α,β-unsaturated/α-hetero) is 1. The number of carboxylic acids is 1. The van der Waals surface area contributed by atoms with Crippen LogP contribution in [0.15, 0.2) is 41.3 Å². The summed E-state index contributed by atoms with van der Waals surface area (Å²) in [7, 11) is 0. The highest BCUT2D eigenvalue weighted by Crippen LogP contribution is 2.38. The molecule has 208 valence electrons. The third-order valence-corrected chi connectivity index (χ3v) is 7.74. The van der Waals surface area contributed by atoms with Gasteiger partial charge in [0.1, 0.15) is 17.2 Å². The van der Waals surface area contributed by atoms with Gasteiger partial charge >= 0.3 is 12.1 Å². The standard InChI is InChI=1S/C28H26F2N4O6/c1-15(35)25-14-34(28(39)40-25)17-4-5-22(20(29)10-17)31-6-8-32(9-7-31)24-12-23-18(11-21(24)30)26(36)19(27(37)38)13-33(23)16-2-3-16/h4-5,10-13,16,25H,2-3,6-9,14H2,1H3,(H,37,38)/t25-/m1/s1. The van der Waals surface area contributed by atoms with Crippen LogP contribution in [0, 0.1) is 11.6 Å². The van der Waals surface area contributed by atoms with Gasteiger partial charge in [0, 0.05) is 43.8 Å². The maximum atomic E-state index is 15.3. The van der Waals surface area contributed by atoms with Crippen molar-refractivity contribution in [3.05, 3.63) is 63.9 Å². The van der Waals surface area contributed by atoms with Gasteiger partial charge in [0.15, 0.2) is 11.9 Å². The van der Waals surface area contributed by atoms with Crippen LogP contribution in [0.4, 0.5) is 30.6 Å². The molecule has 0 radical (unpaired) electrons. The van der Waals surface area contributed by atoms with E-state index in [9.17, 15) is 24.3 Å². The summed E-state index contributed by atoms with van der Waals surface area (Å²) in [5, 5.41) is 9.48.